The number of amidine groups is 1. The summed E-state index contributed by atoms with van der Waals surface area (Å²) in [6, 6.07) is 7.92. The van der Waals surface area contributed by atoms with Crippen LogP contribution in [0.2, 0.25) is 0 Å². The van der Waals surface area contributed by atoms with Crippen LogP contribution in [0.25, 0.3) is 0 Å². The number of sulfonamides is 1. The van der Waals surface area contributed by atoms with Gasteiger partial charge in [0, 0.05) is 49.4 Å². The van der Waals surface area contributed by atoms with Crippen LogP contribution in [0.3, 0.4) is 0 Å². The first-order chi connectivity index (χ1) is 15.2. The highest BCUT2D eigenvalue weighted by Crippen LogP contribution is 2.23. The fraction of sp³-hybridized carbons (Fsp3) is 0.455. The van der Waals surface area contributed by atoms with Crippen molar-refractivity contribution >= 4 is 27.6 Å². The Morgan fingerprint density at radius 1 is 1.09 bits per heavy atom. The molecule has 1 atom stereocenters. The molecule has 0 bridgehead atoms. The van der Waals surface area contributed by atoms with Crippen molar-refractivity contribution in [2.45, 2.75) is 44.6 Å². The Hall–Kier alpha value is -3.01. The van der Waals surface area contributed by atoms with Crippen molar-refractivity contribution in [2.24, 2.45) is 4.99 Å². The van der Waals surface area contributed by atoms with Gasteiger partial charge < -0.3 is 9.80 Å². The second kappa shape index (κ2) is 8.50. The Bertz CT molecular complexity index is 1170. The van der Waals surface area contributed by atoms with Crippen LogP contribution in [-0.4, -0.2) is 67.2 Å². The molecule has 1 fully saturated rings. The van der Waals surface area contributed by atoms with E-state index in [0.29, 0.717) is 31.7 Å². The molecular weight excluding hydrogens is 428 g/mol. The van der Waals surface area contributed by atoms with Gasteiger partial charge in [-0.05, 0) is 26.0 Å². The second-order valence-electron chi connectivity index (χ2n) is 8.45. The quantitative estimate of drug-likeness (QED) is 0.750. The number of anilines is 1. The fourth-order valence-corrected chi connectivity index (χ4v) is 5.13. The fourth-order valence-electron chi connectivity index (χ4n) is 3.89. The third-order valence-corrected chi connectivity index (χ3v) is 7.03. The average Bonchev–Trinajstić information content (AvgIpc) is 3.03. The molecule has 1 amide bonds. The molecule has 2 aliphatic heterocycles. The van der Waals surface area contributed by atoms with Crippen LogP contribution >= 0.6 is 0 Å². The highest BCUT2D eigenvalue weighted by molar-refractivity contribution is 7.90. The molecule has 0 saturated carbocycles. The zero-order valence-electron chi connectivity index (χ0n) is 18.7. The van der Waals surface area contributed by atoms with Crippen LogP contribution in [0.5, 0.6) is 0 Å². The number of amides is 1. The van der Waals surface area contributed by atoms with Gasteiger partial charge in [0.1, 0.15) is 23.5 Å². The van der Waals surface area contributed by atoms with Gasteiger partial charge in [-0.25, -0.2) is 18.4 Å². The van der Waals surface area contributed by atoms with Crippen LogP contribution in [0.4, 0.5) is 5.82 Å². The summed E-state index contributed by atoms with van der Waals surface area (Å²) in [5.74, 6) is 2.05. The van der Waals surface area contributed by atoms with Gasteiger partial charge in [-0.2, -0.15) is 0 Å². The highest BCUT2D eigenvalue weighted by Gasteiger charge is 2.32. The molecule has 1 N–H and O–H groups in total. The average molecular weight is 457 g/mol. The molecule has 3 heterocycles. The molecule has 2 aromatic rings. The van der Waals surface area contributed by atoms with E-state index in [9.17, 15) is 13.2 Å². The molecule has 9 nitrogen and oxygen atoms in total. The lowest BCUT2D eigenvalue weighted by Gasteiger charge is -2.36. The van der Waals surface area contributed by atoms with E-state index in [1.807, 2.05) is 13.0 Å². The first-order valence-electron chi connectivity index (χ1n) is 10.7. The van der Waals surface area contributed by atoms with Crippen molar-refractivity contribution in [3.8, 4) is 0 Å². The maximum Gasteiger partial charge on any atom is 0.263 e. The van der Waals surface area contributed by atoms with Crippen LogP contribution in [0.1, 0.15) is 43.8 Å². The van der Waals surface area contributed by atoms with E-state index in [1.165, 1.54) is 6.07 Å². The van der Waals surface area contributed by atoms with E-state index >= 15 is 0 Å². The summed E-state index contributed by atoms with van der Waals surface area (Å²) in [5.41, 5.74) is 1.43. The summed E-state index contributed by atoms with van der Waals surface area (Å²) >= 11 is 0. The number of carbonyl (C=O) groups is 1. The molecule has 170 valence electrons. The smallest absolute Gasteiger partial charge is 0.263 e. The lowest BCUT2D eigenvalue weighted by atomic mass is 10.2. The van der Waals surface area contributed by atoms with E-state index in [2.05, 4.69) is 38.4 Å². The topological polar surface area (TPSA) is 108 Å². The van der Waals surface area contributed by atoms with E-state index < -0.39 is 16.1 Å². The molecule has 0 aliphatic carbocycles. The minimum Gasteiger partial charge on any atom is -0.353 e. The number of rotatable bonds is 4. The van der Waals surface area contributed by atoms with Gasteiger partial charge in [0.25, 0.3) is 10.0 Å². The summed E-state index contributed by atoms with van der Waals surface area (Å²) in [5, 5.41) is 0. The summed E-state index contributed by atoms with van der Waals surface area (Å²) in [7, 11) is -3.63. The Morgan fingerprint density at radius 3 is 2.47 bits per heavy atom. The molecular formula is C22H28N6O3S. The van der Waals surface area contributed by atoms with Crippen LogP contribution in [0.15, 0.2) is 40.2 Å². The summed E-state index contributed by atoms with van der Waals surface area (Å²) in [4.78, 5) is 30.7. The van der Waals surface area contributed by atoms with E-state index in [-0.39, 0.29) is 22.6 Å². The van der Waals surface area contributed by atoms with Crippen molar-refractivity contribution in [1.29, 1.82) is 0 Å². The third kappa shape index (κ3) is 4.32. The van der Waals surface area contributed by atoms with Gasteiger partial charge >= 0.3 is 0 Å². The number of piperazine rings is 1. The first kappa shape index (κ1) is 22.2. The maximum atomic E-state index is 13.0. The maximum absolute atomic E-state index is 13.0. The Balaban J connectivity index is 1.44. The molecule has 1 aromatic carbocycles. The molecule has 0 radical (unpaired) electrons. The molecule has 0 spiro atoms. The zero-order valence-corrected chi connectivity index (χ0v) is 19.6. The normalized spacial score (nSPS) is 19.7. The van der Waals surface area contributed by atoms with E-state index in [4.69, 9.17) is 0 Å². The monoisotopic (exact) mass is 456 g/mol. The number of benzene rings is 1. The van der Waals surface area contributed by atoms with Crippen molar-refractivity contribution < 1.29 is 13.2 Å². The number of aromatic nitrogens is 2. The van der Waals surface area contributed by atoms with Crippen LogP contribution in [-0.2, 0) is 14.8 Å². The summed E-state index contributed by atoms with van der Waals surface area (Å²) in [6.07, 6.45) is 0. The largest absolute Gasteiger partial charge is 0.353 e. The van der Waals surface area contributed by atoms with Gasteiger partial charge in [0.05, 0.1) is 4.90 Å². The van der Waals surface area contributed by atoms with Crippen LogP contribution < -0.4 is 9.62 Å². The van der Waals surface area contributed by atoms with Gasteiger partial charge in [-0.3, -0.25) is 14.5 Å². The molecule has 1 aromatic heterocycles. The van der Waals surface area contributed by atoms with Crippen molar-refractivity contribution in [1.82, 2.24) is 19.6 Å². The zero-order chi connectivity index (χ0) is 23.0. The minimum atomic E-state index is -3.63. The number of carbonyl (C=O) groups excluding carboxylic acids is 1. The lowest BCUT2D eigenvalue weighted by molar-refractivity contribution is -0.132. The standard InChI is InChI=1S/C22H28N6O3S/c1-14(2)20-23-15(3)13-19(25-20)27-9-11-28(12-10-27)22(29)16(4)24-21-17-7-5-6-8-18(17)32(30,31)26-21/h5-8,13-14,16H,9-12H2,1-4H3,(H,24,26)/t16-/m0/s1. The predicted octanol–water partition coefficient (Wildman–Crippen LogP) is 1.68. The number of nitrogens with one attached hydrogen (secondary N) is 1. The summed E-state index contributed by atoms with van der Waals surface area (Å²) < 4.78 is 27.0. The van der Waals surface area contributed by atoms with E-state index in [0.717, 1.165) is 17.3 Å². The Kier molecular flexibility index (Phi) is 5.89. The van der Waals surface area contributed by atoms with Crippen molar-refractivity contribution in [3.63, 3.8) is 0 Å². The molecule has 4 rings (SSSR count). The highest BCUT2D eigenvalue weighted by atomic mass is 32.2. The molecule has 0 unspecified atom stereocenters. The minimum absolute atomic E-state index is 0.123. The SMILES string of the molecule is Cc1cc(N2CCN(C(=O)[C@H](C)N=C3NS(=O)(=O)c4ccccc43)CC2)nc(C(C)C)n1. The number of aliphatic imine (C=N–C) groups is 1. The predicted molar refractivity (Wildman–Crippen MR) is 122 cm³/mol. The van der Waals surface area contributed by atoms with Gasteiger partial charge in [0.2, 0.25) is 5.91 Å². The second-order valence-corrected chi connectivity index (χ2v) is 10.1. The van der Waals surface area contributed by atoms with E-state index in [1.54, 1.807) is 30.0 Å². The Morgan fingerprint density at radius 2 is 1.78 bits per heavy atom. The molecule has 32 heavy (non-hydrogen) atoms. The van der Waals surface area contributed by atoms with Crippen molar-refractivity contribution in [2.75, 3.05) is 31.1 Å². The molecule has 1 saturated heterocycles. The number of nitrogens with zero attached hydrogens (tertiary/aromatic N) is 5. The first-order valence-corrected chi connectivity index (χ1v) is 12.2. The van der Waals surface area contributed by atoms with Crippen molar-refractivity contribution in [3.05, 3.63) is 47.4 Å². The Labute approximate surface area is 188 Å². The number of aryl methyl sites for hydroxylation is 1. The van der Waals surface area contributed by atoms with Gasteiger partial charge in [-0.15, -0.1) is 0 Å². The molecule has 10 heteroatoms. The number of hydrogen-bond acceptors (Lipinski definition) is 7. The van der Waals surface area contributed by atoms with Gasteiger partial charge in [0.15, 0.2) is 0 Å². The lowest BCUT2D eigenvalue weighted by Crippen LogP contribution is -2.51. The third-order valence-electron chi connectivity index (χ3n) is 5.63. The summed E-state index contributed by atoms with van der Waals surface area (Å²) in [6.45, 7) is 10.2. The number of hydrogen-bond donors (Lipinski definition) is 1. The van der Waals surface area contributed by atoms with Gasteiger partial charge in [-0.1, -0.05) is 26.0 Å². The van der Waals surface area contributed by atoms with Crippen LogP contribution in [0, 0.1) is 6.92 Å². The molecule has 2 aliphatic rings. The number of fused-ring (bicyclic) bond motifs is 1.